The molecule has 2 aromatic rings. The summed E-state index contributed by atoms with van der Waals surface area (Å²) in [5.74, 6) is -1.71. The van der Waals surface area contributed by atoms with Crippen molar-refractivity contribution in [2.45, 2.75) is 32.4 Å². The van der Waals surface area contributed by atoms with Crippen molar-refractivity contribution in [3.8, 4) is 0 Å². The molecule has 0 aromatic heterocycles. The summed E-state index contributed by atoms with van der Waals surface area (Å²) in [6.07, 6.45) is 0.0360. The summed E-state index contributed by atoms with van der Waals surface area (Å²) < 4.78 is 18.4. The number of rotatable bonds is 6. The van der Waals surface area contributed by atoms with E-state index in [0.29, 0.717) is 38.0 Å². The van der Waals surface area contributed by atoms with Crippen molar-refractivity contribution in [3.05, 3.63) is 71.5 Å². The first-order chi connectivity index (χ1) is 14.4. The quantitative estimate of drug-likeness (QED) is 0.741. The van der Waals surface area contributed by atoms with Crippen LogP contribution in [0.15, 0.2) is 54.6 Å². The number of nitrogens with one attached hydrogen (secondary N) is 1. The lowest BCUT2D eigenvalue weighted by Crippen LogP contribution is -2.42. The van der Waals surface area contributed by atoms with Gasteiger partial charge in [0.15, 0.2) is 6.10 Å². The predicted molar refractivity (Wildman–Crippen MR) is 109 cm³/mol. The van der Waals surface area contributed by atoms with Gasteiger partial charge in [0, 0.05) is 25.2 Å². The predicted octanol–water partition coefficient (Wildman–Crippen LogP) is 2.93. The molecule has 6 nitrogen and oxygen atoms in total. The van der Waals surface area contributed by atoms with Crippen molar-refractivity contribution in [2.75, 3.05) is 13.1 Å². The molecule has 0 bridgehead atoms. The Morgan fingerprint density at radius 1 is 1.07 bits per heavy atom. The molecule has 1 aliphatic heterocycles. The Kier molecular flexibility index (Phi) is 7.17. The van der Waals surface area contributed by atoms with E-state index in [0.717, 1.165) is 5.56 Å². The molecule has 1 atom stereocenters. The minimum Gasteiger partial charge on any atom is -0.452 e. The van der Waals surface area contributed by atoms with Gasteiger partial charge >= 0.3 is 5.97 Å². The third-order valence-electron chi connectivity index (χ3n) is 5.18. The summed E-state index contributed by atoms with van der Waals surface area (Å²) >= 11 is 0. The molecule has 0 unspecified atom stereocenters. The molecule has 0 saturated carbocycles. The average Bonchev–Trinajstić information content (AvgIpc) is 2.78. The molecule has 1 heterocycles. The number of halogens is 1. The molecular weight excluding hydrogens is 387 g/mol. The summed E-state index contributed by atoms with van der Waals surface area (Å²) in [6.45, 7) is 2.73. The number of benzene rings is 2. The highest BCUT2D eigenvalue weighted by Crippen LogP contribution is 2.21. The highest BCUT2D eigenvalue weighted by atomic mass is 19.1. The standard InChI is InChI=1S/C23H25FN2O4/c1-16(21(27)25-15-17-5-3-2-4-6-17)30-23(29)19-11-13-26(14-12-19)22(28)18-7-9-20(24)10-8-18/h2-10,16,19H,11-15H2,1H3,(H,25,27)/t16-/m1/s1. The Labute approximate surface area is 175 Å². The van der Waals surface area contributed by atoms with Crippen LogP contribution in [0.5, 0.6) is 0 Å². The zero-order chi connectivity index (χ0) is 21.5. The molecule has 1 fully saturated rings. The van der Waals surface area contributed by atoms with Gasteiger partial charge in [0.2, 0.25) is 0 Å². The first-order valence-electron chi connectivity index (χ1n) is 10.0. The maximum atomic E-state index is 13.0. The molecular formula is C23H25FN2O4. The van der Waals surface area contributed by atoms with Crippen LogP contribution in [0.2, 0.25) is 0 Å². The molecule has 0 spiro atoms. The number of hydrogen-bond donors (Lipinski definition) is 1. The number of nitrogens with zero attached hydrogens (tertiary/aromatic N) is 1. The van der Waals surface area contributed by atoms with E-state index in [4.69, 9.17) is 4.74 Å². The SMILES string of the molecule is C[C@@H](OC(=O)C1CCN(C(=O)c2ccc(F)cc2)CC1)C(=O)NCc1ccccc1. The monoisotopic (exact) mass is 412 g/mol. The van der Waals surface area contributed by atoms with Gasteiger partial charge in [-0.25, -0.2) is 4.39 Å². The molecule has 0 radical (unpaired) electrons. The molecule has 1 saturated heterocycles. The third kappa shape index (κ3) is 5.65. The van der Waals surface area contributed by atoms with Crippen molar-refractivity contribution in [2.24, 2.45) is 5.92 Å². The van der Waals surface area contributed by atoms with Gasteiger partial charge in [-0.1, -0.05) is 30.3 Å². The minimum atomic E-state index is -0.889. The van der Waals surface area contributed by atoms with Gasteiger partial charge in [-0.2, -0.15) is 0 Å². The zero-order valence-corrected chi connectivity index (χ0v) is 16.8. The first-order valence-corrected chi connectivity index (χ1v) is 10.0. The van der Waals surface area contributed by atoms with Crippen molar-refractivity contribution in [1.29, 1.82) is 0 Å². The van der Waals surface area contributed by atoms with Crippen molar-refractivity contribution >= 4 is 17.8 Å². The van der Waals surface area contributed by atoms with Gasteiger partial charge < -0.3 is 15.0 Å². The number of hydrogen-bond acceptors (Lipinski definition) is 4. The molecule has 1 aliphatic rings. The highest BCUT2D eigenvalue weighted by molar-refractivity contribution is 5.94. The van der Waals surface area contributed by atoms with E-state index in [-0.39, 0.29) is 17.7 Å². The molecule has 0 aliphatic carbocycles. The van der Waals surface area contributed by atoms with Crippen LogP contribution in [-0.4, -0.2) is 41.9 Å². The van der Waals surface area contributed by atoms with Crippen LogP contribution in [0.4, 0.5) is 4.39 Å². The van der Waals surface area contributed by atoms with E-state index in [2.05, 4.69) is 5.32 Å². The second kappa shape index (κ2) is 10.0. The summed E-state index contributed by atoms with van der Waals surface area (Å²) in [7, 11) is 0. The molecule has 1 N–H and O–H groups in total. The van der Waals surface area contributed by atoms with E-state index in [1.807, 2.05) is 30.3 Å². The normalized spacial score (nSPS) is 15.3. The average molecular weight is 412 g/mol. The van der Waals surface area contributed by atoms with Gasteiger partial charge in [-0.3, -0.25) is 14.4 Å². The van der Waals surface area contributed by atoms with Crippen LogP contribution in [0.25, 0.3) is 0 Å². The number of amides is 2. The van der Waals surface area contributed by atoms with Gasteiger partial charge in [0.05, 0.1) is 5.92 Å². The van der Waals surface area contributed by atoms with E-state index in [1.54, 1.807) is 11.8 Å². The topological polar surface area (TPSA) is 75.7 Å². The van der Waals surface area contributed by atoms with Gasteiger partial charge in [0.25, 0.3) is 11.8 Å². The lowest BCUT2D eigenvalue weighted by molar-refractivity contribution is -0.160. The number of likely N-dealkylation sites (tertiary alicyclic amines) is 1. The van der Waals surface area contributed by atoms with Crippen molar-refractivity contribution in [3.63, 3.8) is 0 Å². The molecule has 2 aromatic carbocycles. The largest absolute Gasteiger partial charge is 0.452 e. The molecule has 3 rings (SSSR count). The fraction of sp³-hybridized carbons (Fsp3) is 0.348. The van der Waals surface area contributed by atoms with Crippen LogP contribution in [-0.2, 0) is 20.9 Å². The van der Waals surface area contributed by atoms with E-state index < -0.39 is 17.9 Å². The first kappa shape index (κ1) is 21.5. The summed E-state index contributed by atoms with van der Waals surface area (Å²) in [5.41, 5.74) is 1.38. The third-order valence-corrected chi connectivity index (χ3v) is 5.18. The smallest absolute Gasteiger partial charge is 0.309 e. The Balaban J connectivity index is 1.43. The number of ether oxygens (including phenoxy) is 1. The van der Waals surface area contributed by atoms with Crippen LogP contribution >= 0.6 is 0 Å². The van der Waals surface area contributed by atoms with Gasteiger partial charge in [-0.05, 0) is 49.6 Å². The van der Waals surface area contributed by atoms with Gasteiger partial charge in [-0.15, -0.1) is 0 Å². The van der Waals surface area contributed by atoms with Crippen molar-refractivity contribution in [1.82, 2.24) is 10.2 Å². The fourth-order valence-electron chi connectivity index (χ4n) is 3.35. The summed E-state index contributed by atoms with van der Waals surface area (Å²) in [6, 6.07) is 14.9. The second-order valence-electron chi connectivity index (χ2n) is 7.36. The van der Waals surface area contributed by atoms with E-state index in [1.165, 1.54) is 24.3 Å². The van der Waals surface area contributed by atoms with E-state index >= 15 is 0 Å². The fourth-order valence-corrected chi connectivity index (χ4v) is 3.35. The number of esters is 1. The van der Waals surface area contributed by atoms with E-state index in [9.17, 15) is 18.8 Å². The van der Waals surface area contributed by atoms with Crippen LogP contribution < -0.4 is 5.32 Å². The molecule has 158 valence electrons. The Morgan fingerprint density at radius 3 is 2.33 bits per heavy atom. The molecule has 7 heteroatoms. The number of carbonyl (C=O) groups is 3. The Hall–Kier alpha value is -3.22. The van der Waals surface area contributed by atoms with Gasteiger partial charge in [0.1, 0.15) is 5.82 Å². The second-order valence-corrected chi connectivity index (χ2v) is 7.36. The van der Waals surface area contributed by atoms with Crippen LogP contribution in [0.1, 0.15) is 35.7 Å². The van der Waals surface area contributed by atoms with Crippen LogP contribution in [0.3, 0.4) is 0 Å². The molecule has 2 amide bonds. The summed E-state index contributed by atoms with van der Waals surface area (Å²) in [5, 5.41) is 2.76. The minimum absolute atomic E-state index is 0.185. The Bertz CT molecular complexity index is 878. The zero-order valence-electron chi connectivity index (χ0n) is 16.8. The number of carbonyl (C=O) groups excluding carboxylic acids is 3. The number of piperidine rings is 1. The Morgan fingerprint density at radius 2 is 1.70 bits per heavy atom. The lowest BCUT2D eigenvalue weighted by atomic mass is 9.96. The van der Waals surface area contributed by atoms with Crippen molar-refractivity contribution < 1.29 is 23.5 Å². The lowest BCUT2D eigenvalue weighted by Gasteiger charge is -2.31. The van der Waals surface area contributed by atoms with Crippen LogP contribution in [0, 0.1) is 11.7 Å². The highest BCUT2D eigenvalue weighted by Gasteiger charge is 2.30. The summed E-state index contributed by atoms with van der Waals surface area (Å²) in [4.78, 5) is 38.7. The maximum Gasteiger partial charge on any atom is 0.309 e. The maximum absolute atomic E-state index is 13.0. The molecule has 30 heavy (non-hydrogen) atoms.